The maximum Gasteiger partial charge on any atom is 0.407 e. The molecule has 2 unspecified atom stereocenters. The highest BCUT2D eigenvalue weighted by atomic mass is 32.1. The van der Waals surface area contributed by atoms with Crippen LogP contribution in [0.3, 0.4) is 0 Å². The van der Waals surface area contributed by atoms with Crippen molar-refractivity contribution < 1.29 is 9.53 Å². The number of rotatable bonds is 8. The molecule has 0 aliphatic heterocycles. The van der Waals surface area contributed by atoms with E-state index < -0.39 is 0 Å². The molecule has 1 heterocycles. The molecule has 7 heteroatoms. The van der Waals surface area contributed by atoms with Crippen molar-refractivity contribution in [2.45, 2.75) is 38.6 Å². The van der Waals surface area contributed by atoms with Gasteiger partial charge in [-0.3, -0.25) is 4.99 Å². The molecule has 0 bridgehead atoms. The van der Waals surface area contributed by atoms with E-state index in [-0.39, 0.29) is 12.1 Å². The Hall–Kier alpha value is -1.76. The number of hydrogen-bond donors (Lipinski definition) is 3. The molecular formula is C17H28N4O2S. The quantitative estimate of drug-likeness (QED) is 0.496. The number of carbonyl (C=O) groups excluding carboxylic acids is 1. The number of thiophene rings is 1. The van der Waals surface area contributed by atoms with Crippen molar-refractivity contribution in [1.29, 1.82) is 0 Å². The first-order valence-electron chi connectivity index (χ1n) is 8.55. The summed E-state index contributed by atoms with van der Waals surface area (Å²) in [7, 11) is 1.76. The van der Waals surface area contributed by atoms with E-state index in [1.54, 1.807) is 18.4 Å². The van der Waals surface area contributed by atoms with Gasteiger partial charge in [-0.05, 0) is 37.1 Å². The highest BCUT2D eigenvalue weighted by molar-refractivity contribution is 7.10. The third kappa shape index (κ3) is 6.03. The monoisotopic (exact) mass is 352 g/mol. The highest BCUT2D eigenvalue weighted by Crippen LogP contribution is 2.32. The van der Waals surface area contributed by atoms with Crippen molar-refractivity contribution in [3.05, 3.63) is 22.4 Å². The number of amides is 1. The summed E-state index contributed by atoms with van der Waals surface area (Å²) in [4.78, 5) is 17.3. The van der Waals surface area contributed by atoms with E-state index in [0.717, 1.165) is 25.3 Å². The van der Waals surface area contributed by atoms with E-state index in [0.29, 0.717) is 25.0 Å². The van der Waals surface area contributed by atoms with Crippen LogP contribution in [-0.4, -0.2) is 44.8 Å². The highest BCUT2D eigenvalue weighted by Gasteiger charge is 2.32. The summed E-state index contributed by atoms with van der Waals surface area (Å²) >= 11 is 1.77. The Kier molecular flexibility index (Phi) is 7.36. The lowest BCUT2D eigenvalue weighted by molar-refractivity contribution is 0.146. The van der Waals surface area contributed by atoms with Crippen molar-refractivity contribution in [2.24, 2.45) is 10.9 Å². The molecule has 0 radical (unpaired) electrons. The molecule has 1 amide bonds. The first kappa shape index (κ1) is 18.6. The van der Waals surface area contributed by atoms with Crippen LogP contribution < -0.4 is 16.0 Å². The molecule has 0 spiro atoms. The Morgan fingerprint density at radius 3 is 2.75 bits per heavy atom. The minimum absolute atomic E-state index is 0.0809. The van der Waals surface area contributed by atoms with E-state index in [1.165, 1.54) is 4.88 Å². The van der Waals surface area contributed by atoms with Gasteiger partial charge in [0.1, 0.15) is 0 Å². The third-order valence-corrected chi connectivity index (χ3v) is 5.19. The molecule has 1 aliphatic rings. The largest absolute Gasteiger partial charge is 0.450 e. The van der Waals surface area contributed by atoms with Crippen molar-refractivity contribution >= 4 is 23.4 Å². The summed E-state index contributed by atoms with van der Waals surface area (Å²) < 4.78 is 4.98. The number of aliphatic imine (C=N–C) groups is 1. The number of nitrogens with one attached hydrogen (secondary N) is 3. The zero-order chi connectivity index (χ0) is 17.4. The molecule has 6 nitrogen and oxygen atoms in total. The Morgan fingerprint density at radius 1 is 1.42 bits per heavy atom. The first-order valence-corrected chi connectivity index (χ1v) is 9.43. The van der Waals surface area contributed by atoms with Crippen LogP contribution in [0, 0.1) is 5.92 Å². The molecule has 1 saturated carbocycles. The van der Waals surface area contributed by atoms with Gasteiger partial charge in [0.2, 0.25) is 0 Å². The van der Waals surface area contributed by atoms with Crippen LogP contribution in [0.4, 0.5) is 4.79 Å². The molecule has 1 aromatic heterocycles. The molecule has 3 N–H and O–H groups in total. The van der Waals surface area contributed by atoms with Crippen LogP contribution in [0.5, 0.6) is 0 Å². The summed E-state index contributed by atoms with van der Waals surface area (Å²) in [6.45, 7) is 5.86. The van der Waals surface area contributed by atoms with E-state index in [9.17, 15) is 4.79 Å². The van der Waals surface area contributed by atoms with Gasteiger partial charge in [0.15, 0.2) is 5.96 Å². The van der Waals surface area contributed by atoms with Gasteiger partial charge in [0.05, 0.1) is 12.6 Å². The summed E-state index contributed by atoms with van der Waals surface area (Å²) in [6.07, 6.45) is 1.96. The average Bonchev–Trinajstić information content (AvgIpc) is 3.27. The molecule has 1 aliphatic carbocycles. The molecule has 1 aromatic rings. The van der Waals surface area contributed by atoms with Crippen LogP contribution in [0.25, 0.3) is 0 Å². The van der Waals surface area contributed by atoms with Crippen LogP contribution >= 0.6 is 11.3 Å². The van der Waals surface area contributed by atoms with E-state index >= 15 is 0 Å². The number of carbonyl (C=O) groups is 1. The summed E-state index contributed by atoms with van der Waals surface area (Å²) in [5, 5.41) is 11.7. The van der Waals surface area contributed by atoms with Crippen LogP contribution in [0.2, 0.25) is 0 Å². The van der Waals surface area contributed by atoms with E-state index in [4.69, 9.17) is 4.74 Å². The second-order valence-electron chi connectivity index (χ2n) is 6.06. The molecule has 0 saturated heterocycles. The van der Waals surface area contributed by atoms with E-state index in [1.807, 2.05) is 6.92 Å². The van der Waals surface area contributed by atoms with Gasteiger partial charge >= 0.3 is 6.09 Å². The lowest BCUT2D eigenvalue weighted by Gasteiger charge is -2.21. The van der Waals surface area contributed by atoms with Crippen LogP contribution in [0.1, 0.15) is 37.5 Å². The molecule has 2 atom stereocenters. The van der Waals surface area contributed by atoms with Crippen molar-refractivity contribution in [3.8, 4) is 0 Å². The summed E-state index contributed by atoms with van der Waals surface area (Å²) in [6, 6.07) is 4.31. The zero-order valence-corrected chi connectivity index (χ0v) is 15.5. The normalized spacial score (nSPS) is 17.0. The molecular weight excluding hydrogens is 324 g/mol. The number of nitrogens with zero attached hydrogens (tertiary/aromatic N) is 1. The Labute approximate surface area is 148 Å². The first-order chi connectivity index (χ1) is 11.6. The number of ether oxygens (including phenoxy) is 1. The maximum atomic E-state index is 11.6. The SMILES string of the molecule is CCOC(=O)NC(CNC(=NC)NCC(C)c1cccs1)C1CC1. The average molecular weight is 353 g/mol. The van der Waals surface area contributed by atoms with Gasteiger partial charge in [-0.2, -0.15) is 0 Å². The Morgan fingerprint density at radius 2 is 2.17 bits per heavy atom. The second kappa shape index (κ2) is 9.52. The van der Waals surface area contributed by atoms with E-state index in [2.05, 4.69) is 45.4 Å². The topological polar surface area (TPSA) is 74.8 Å². The van der Waals surface area contributed by atoms with Crippen molar-refractivity contribution in [2.75, 3.05) is 26.7 Å². The number of alkyl carbamates (subject to hydrolysis) is 1. The zero-order valence-electron chi connectivity index (χ0n) is 14.7. The second-order valence-corrected chi connectivity index (χ2v) is 7.04. The van der Waals surface area contributed by atoms with Crippen LogP contribution in [0.15, 0.2) is 22.5 Å². The molecule has 2 rings (SSSR count). The molecule has 24 heavy (non-hydrogen) atoms. The van der Waals surface area contributed by atoms with Gasteiger partial charge in [-0.1, -0.05) is 13.0 Å². The van der Waals surface area contributed by atoms with Gasteiger partial charge in [-0.15, -0.1) is 11.3 Å². The summed E-state index contributed by atoms with van der Waals surface area (Å²) in [5.74, 6) is 1.72. The van der Waals surface area contributed by atoms with Crippen LogP contribution in [-0.2, 0) is 4.74 Å². The fourth-order valence-corrected chi connectivity index (χ4v) is 3.29. The summed E-state index contributed by atoms with van der Waals surface area (Å²) in [5.41, 5.74) is 0. The van der Waals surface area contributed by atoms with Crippen molar-refractivity contribution in [1.82, 2.24) is 16.0 Å². The number of guanidine groups is 1. The predicted octanol–water partition coefficient (Wildman–Crippen LogP) is 2.54. The third-order valence-electron chi connectivity index (χ3n) is 4.09. The molecule has 134 valence electrons. The Bertz CT molecular complexity index is 529. The van der Waals surface area contributed by atoms with Gasteiger partial charge in [0.25, 0.3) is 0 Å². The smallest absolute Gasteiger partial charge is 0.407 e. The fourth-order valence-electron chi connectivity index (χ4n) is 2.51. The minimum Gasteiger partial charge on any atom is -0.450 e. The van der Waals surface area contributed by atoms with Gasteiger partial charge in [-0.25, -0.2) is 4.79 Å². The maximum absolute atomic E-state index is 11.6. The lowest BCUT2D eigenvalue weighted by Crippen LogP contribution is -2.48. The predicted molar refractivity (Wildman–Crippen MR) is 98.8 cm³/mol. The fraction of sp³-hybridized carbons (Fsp3) is 0.647. The Balaban J connectivity index is 1.75. The van der Waals surface area contributed by atoms with Gasteiger partial charge < -0.3 is 20.7 Å². The lowest BCUT2D eigenvalue weighted by atomic mass is 10.1. The van der Waals surface area contributed by atoms with Crippen molar-refractivity contribution in [3.63, 3.8) is 0 Å². The minimum atomic E-state index is -0.342. The van der Waals surface area contributed by atoms with Gasteiger partial charge in [0, 0.05) is 30.9 Å². The number of hydrogen-bond acceptors (Lipinski definition) is 4. The molecule has 1 fully saturated rings. The molecule has 0 aromatic carbocycles. The standard InChI is InChI=1S/C17H28N4O2S/c1-4-23-17(22)21-14(13-7-8-13)11-20-16(18-3)19-10-12(2)15-6-5-9-24-15/h5-6,9,12-14H,4,7-8,10-11H2,1-3H3,(H,21,22)(H2,18,19,20).